The number of fused-ring (bicyclic) bond motifs is 2. The SMILES string of the molecule is O[C](c1ccccc1)C1CC2C[CH]C1C2. The molecule has 15 heavy (non-hydrogen) atoms. The smallest absolute Gasteiger partial charge is 0.126 e. The quantitative estimate of drug-likeness (QED) is 0.777. The molecule has 2 aliphatic rings. The second kappa shape index (κ2) is 3.64. The summed E-state index contributed by atoms with van der Waals surface area (Å²) in [7, 11) is 0. The van der Waals surface area contributed by atoms with Crippen LogP contribution in [0.25, 0.3) is 0 Å². The van der Waals surface area contributed by atoms with Gasteiger partial charge in [-0.15, -0.1) is 0 Å². The highest BCUT2D eigenvalue weighted by atomic mass is 16.3. The molecule has 3 unspecified atom stereocenters. The molecule has 1 N–H and O–H groups in total. The summed E-state index contributed by atoms with van der Waals surface area (Å²) in [5, 5.41) is 10.2. The number of benzene rings is 1. The van der Waals surface area contributed by atoms with Crippen molar-refractivity contribution in [3.05, 3.63) is 48.4 Å². The van der Waals surface area contributed by atoms with E-state index in [1.165, 1.54) is 19.3 Å². The molecule has 1 aromatic carbocycles. The van der Waals surface area contributed by atoms with Crippen LogP contribution in [-0.4, -0.2) is 5.11 Å². The Labute approximate surface area is 91.1 Å². The Morgan fingerprint density at radius 1 is 1.13 bits per heavy atom. The van der Waals surface area contributed by atoms with Gasteiger partial charge in [0.2, 0.25) is 0 Å². The normalized spacial score (nSPS) is 33.9. The molecule has 0 spiro atoms. The first-order valence-corrected chi connectivity index (χ1v) is 5.79. The second-order valence-electron chi connectivity index (χ2n) is 4.83. The van der Waals surface area contributed by atoms with Crippen LogP contribution in [0.4, 0.5) is 0 Å². The van der Waals surface area contributed by atoms with Gasteiger partial charge in [-0.05, 0) is 49.0 Å². The maximum Gasteiger partial charge on any atom is 0.126 e. The molecule has 78 valence electrons. The van der Waals surface area contributed by atoms with Crippen LogP contribution in [0.3, 0.4) is 0 Å². The third kappa shape index (κ3) is 1.59. The standard InChI is InChI=1S/C14H16O/c15-14(11-4-2-1-3-5-11)13-9-10-6-7-12(13)8-10/h1-5,7,10,12-13,15H,6,8-9H2. The summed E-state index contributed by atoms with van der Waals surface area (Å²) in [6.45, 7) is 0. The topological polar surface area (TPSA) is 20.2 Å². The number of aliphatic hydroxyl groups is 1. The van der Waals surface area contributed by atoms with Crippen molar-refractivity contribution in [1.29, 1.82) is 0 Å². The van der Waals surface area contributed by atoms with E-state index in [0.717, 1.165) is 11.5 Å². The molecule has 0 heterocycles. The van der Waals surface area contributed by atoms with E-state index in [1.807, 2.05) is 30.3 Å². The summed E-state index contributed by atoms with van der Waals surface area (Å²) in [6.07, 6.45) is 6.75. The molecule has 2 aliphatic carbocycles. The van der Waals surface area contributed by atoms with Crippen molar-refractivity contribution >= 4 is 0 Å². The molecule has 0 aliphatic heterocycles. The number of hydrogen-bond acceptors (Lipinski definition) is 1. The Morgan fingerprint density at radius 3 is 2.53 bits per heavy atom. The molecule has 0 amide bonds. The van der Waals surface area contributed by atoms with Crippen molar-refractivity contribution in [2.45, 2.75) is 19.3 Å². The molecule has 1 heteroatoms. The number of hydrogen-bond donors (Lipinski definition) is 1. The summed E-state index contributed by atoms with van der Waals surface area (Å²) in [4.78, 5) is 0. The molecule has 2 bridgehead atoms. The summed E-state index contributed by atoms with van der Waals surface area (Å²) in [5.74, 6) is 1.87. The largest absolute Gasteiger partial charge is 0.381 e. The zero-order valence-electron chi connectivity index (χ0n) is 8.76. The van der Waals surface area contributed by atoms with Crippen LogP contribution in [0.1, 0.15) is 24.8 Å². The van der Waals surface area contributed by atoms with Crippen molar-refractivity contribution in [3.8, 4) is 0 Å². The fourth-order valence-electron chi connectivity index (χ4n) is 3.14. The third-order valence-electron chi connectivity index (χ3n) is 3.90. The van der Waals surface area contributed by atoms with E-state index in [-0.39, 0.29) is 0 Å². The first kappa shape index (κ1) is 9.41. The minimum Gasteiger partial charge on any atom is -0.381 e. The van der Waals surface area contributed by atoms with Crippen LogP contribution < -0.4 is 0 Å². The van der Waals surface area contributed by atoms with Gasteiger partial charge in [0, 0.05) is 0 Å². The van der Waals surface area contributed by atoms with E-state index in [0.29, 0.717) is 17.9 Å². The van der Waals surface area contributed by atoms with Crippen molar-refractivity contribution < 1.29 is 5.11 Å². The molecule has 2 radical (unpaired) electrons. The Bertz CT molecular complexity index is 332. The van der Waals surface area contributed by atoms with E-state index >= 15 is 0 Å². The average molecular weight is 200 g/mol. The lowest BCUT2D eigenvalue weighted by Crippen LogP contribution is -2.20. The Kier molecular flexibility index (Phi) is 2.28. The lowest BCUT2D eigenvalue weighted by molar-refractivity contribution is 0.219. The van der Waals surface area contributed by atoms with Crippen molar-refractivity contribution in [2.24, 2.45) is 17.8 Å². The highest BCUT2D eigenvalue weighted by Crippen LogP contribution is 2.51. The zero-order chi connectivity index (χ0) is 10.3. The molecule has 2 saturated carbocycles. The Morgan fingerprint density at radius 2 is 1.93 bits per heavy atom. The van der Waals surface area contributed by atoms with Gasteiger partial charge < -0.3 is 5.11 Å². The molecule has 1 aromatic rings. The monoisotopic (exact) mass is 200 g/mol. The molecule has 3 rings (SSSR count). The predicted molar refractivity (Wildman–Crippen MR) is 59.3 cm³/mol. The molecule has 1 nitrogen and oxygen atoms in total. The fraction of sp³-hybridized carbons (Fsp3) is 0.429. The maximum atomic E-state index is 10.2. The van der Waals surface area contributed by atoms with Gasteiger partial charge in [-0.25, -0.2) is 0 Å². The predicted octanol–water partition coefficient (Wildman–Crippen LogP) is 3.19. The van der Waals surface area contributed by atoms with Crippen LogP contribution in [0.15, 0.2) is 30.3 Å². The molecule has 3 atom stereocenters. The minimum atomic E-state index is 0.395. The fourth-order valence-corrected chi connectivity index (χ4v) is 3.14. The average Bonchev–Trinajstić information content (AvgIpc) is 2.91. The molecule has 2 fully saturated rings. The second-order valence-corrected chi connectivity index (χ2v) is 4.83. The third-order valence-corrected chi connectivity index (χ3v) is 3.90. The van der Waals surface area contributed by atoms with Gasteiger partial charge in [0.15, 0.2) is 0 Å². The summed E-state index contributed by atoms with van der Waals surface area (Å²) >= 11 is 0. The number of rotatable bonds is 2. The first-order valence-electron chi connectivity index (χ1n) is 5.79. The van der Waals surface area contributed by atoms with Gasteiger partial charge in [0.1, 0.15) is 6.10 Å². The van der Waals surface area contributed by atoms with Crippen LogP contribution in [-0.2, 0) is 0 Å². The molecular weight excluding hydrogens is 184 g/mol. The van der Waals surface area contributed by atoms with E-state index in [4.69, 9.17) is 0 Å². The van der Waals surface area contributed by atoms with Gasteiger partial charge in [-0.3, -0.25) is 0 Å². The highest BCUT2D eigenvalue weighted by molar-refractivity contribution is 5.29. The van der Waals surface area contributed by atoms with Crippen molar-refractivity contribution in [3.63, 3.8) is 0 Å². The van der Waals surface area contributed by atoms with Crippen LogP contribution in [0.5, 0.6) is 0 Å². The summed E-state index contributed by atoms with van der Waals surface area (Å²) in [5.41, 5.74) is 1.00. The first-order chi connectivity index (χ1) is 7.34. The summed E-state index contributed by atoms with van der Waals surface area (Å²) in [6, 6.07) is 9.97. The van der Waals surface area contributed by atoms with E-state index in [9.17, 15) is 5.11 Å². The van der Waals surface area contributed by atoms with Gasteiger partial charge in [-0.2, -0.15) is 0 Å². The molecular formula is C14H16O. The van der Waals surface area contributed by atoms with Gasteiger partial charge in [0.05, 0.1) is 0 Å². The van der Waals surface area contributed by atoms with Crippen LogP contribution in [0, 0.1) is 30.3 Å². The minimum absolute atomic E-state index is 0.395. The van der Waals surface area contributed by atoms with E-state index in [1.54, 1.807) is 0 Å². The van der Waals surface area contributed by atoms with E-state index < -0.39 is 0 Å². The lowest BCUT2D eigenvalue weighted by Gasteiger charge is -2.25. The van der Waals surface area contributed by atoms with Crippen LogP contribution in [0.2, 0.25) is 0 Å². The lowest BCUT2D eigenvalue weighted by atomic mass is 9.82. The Balaban J connectivity index is 1.78. The van der Waals surface area contributed by atoms with Gasteiger partial charge in [0.25, 0.3) is 0 Å². The van der Waals surface area contributed by atoms with Crippen molar-refractivity contribution in [2.75, 3.05) is 0 Å². The highest BCUT2D eigenvalue weighted by Gasteiger charge is 2.43. The van der Waals surface area contributed by atoms with Crippen LogP contribution >= 0.6 is 0 Å². The maximum absolute atomic E-state index is 10.2. The molecule has 0 aromatic heterocycles. The molecule has 0 saturated heterocycles. The van der Waals surface area contributed by atoms with E-state index in [2.05, 4.69) is 6.42 Å². The summed E-state index contributed by atoms with van der Waals surface area (Å²) < 4.78 is 0. The van der Waals surface area contributed by atoms with Gasteiger partial charge >= 0.3 is 0 Å². The Hall–Kier alpha value is -0.820. The zero-order valence-corrected chi connectivity index (χ0v) is 8.76. The van der Waals surface area contributed by atoms with Gasteiger partial charge in [-0.1, -0.05) is 30.3 Å². The van der Waals surface area contributed by atoms with Crippen molar-refractivity contribution in [1.82, 2.24) is 0 Å². The number of aliphatic hydroxyl groups excluding tert-OH is 1.